The summed E-state index contributed by atoms with van der Waals surface area (Å²) in [7, 11) is 3.72. The number of nitrogens with one attached hydrogen (secondary N) is 1. The van der Waals surface area contributed by atoms with Crippen LogP contribution in [0.4, 0.5) is 29.2 Å². The van der Waals surface area contributed by atoms with Crippen molar-refractivity contribution in [2.75, 3.05) is 25.5 Å². The van der Waals surface area contributed by atoms with Gasteiger partial charge in [-0.2, -0.15) is 13.2 Å². The predicted molar refractivity (Wildman–Crippen MR) is 139 cm³/mol. The van der Waals surface area contributed by atoms with Crippen molar-refractivity contribution < 1.29 is 27.1 Å². The summed E-state index contributed by atoms with van der Waals surface area (Å²) >= 11 is 0. The lowest BCUT2D eigenvalue weighted by atomic mass is 9.90. The second kappa shape index (κ2) is 10.6. The Morgan fingerprint density at radius 1 is 1.05 bits per heavy atom. The first kappa shape index (κ1) is 26.6. The van der Waals surface area contributed by atoms with E-state index in [4.69, 9.17) is 4.74 Å². The van der Waals surface area contributed by atoms with Gasteiger partial charge in [-0.25, -0.2) is 9.37 Å². The summed E-state index contributed by atoms with van der Waals surface area (Å²) in [6, 6.07) is 10.7. The predicted octanol–water partition coefficient (Wildman–Crippen LogP) is 6.12. The Morgan fingerprint density at radius 3 is 2.54 bits per heavy atom. The lowest BCUT2D eigenvalue weighted by Crippen LogP contribution is -2.34. The molecule has 1 aliphatic rings. The first-order valence-electron chi connectivity index (χ1n) is 12.5. The van der Waals surface area contributed by atoms with E-state index in [1.807, 2.05) is 0 Å². The minimum atomic E-state index is -4.60. The SMILES string of the molecule is CN1CCC(C(=O)Cc2cc(Oc3ccc4c(c3)nc(Nc3cc(C(F)(F)F)ccc3F)n4C)ccn2)CC1. The van der Waals surface area contributed by atoms with Gasteiger partial charge in [-0.05, 0) is 69.4 Å². The van der Waals surface area contributed by atoms with E-state index in [-0.39, 0.29) is 29.8 Å². The highest BCUT2D eigenvalue weighted by Crippen LogP contribution is 2.34. The third kappa shape index (κ3) is 6.03. The van der Waals surface area contributed by atoms with E-state index in [2.05, 4.69) is 27.2 Å². The first-order chi connectivity index (χ1) is 18.6. The molecule has 3 heterocycles. The summed E-state index contributed by atoms with van der Waals surface area (Å²) in [5.41, 5.74) is 0.488. The van der Waals surface area contributed by atoms with E-state index >= 15 is 0 Å². The van der Waals surface area contributed by atoms with E-state index in [9.17, 15) is 22.4 Å². The van der Waals surface area contributed by atoms with Gasteiger partial charge in [0.25, 0.3) is 0 Å². The maximum Gasteiger partial charge on any atom is 0.416 e. The number of hydrogen-bond donors (Lipinski definition) is 1. The zero-order chi connectivity index (χ0) is 27.7. The van der Waals surface area contributed by atoms with Crippen LogP contribution in [0.25, 0.3) is 11.0 Å². The lowest BCUT2D eigenvalue weighted by molar-refractivity contribution is -0.137. The van der Waals surface area contributed by atoms with Crippen LogP contribution in [0.15, 0.2) is 54.7 Å². The molecular weight excluding hydrogens is 514 g/mol. The topological polar surface area (TPSA) is 72.3 Å². The molecule has 0 radical (unpaired) electrons. The zero-order valence-electron chi connectivity index (χ0n) is 21.4. The molecule has 1 fully saturated rings. The number of fused-ring (bicyclic) bond motifs is 1. The highest BCUT2D eigenvalue weighted by atomic mass is 19.4. The average Bonchev–Trinajstić information content (AvgIpc) is 3.19. The van der Waals surface area contributed by atoms with Gasteiger partial charge >= 0.3 is 6.18 Å². The molecule has 0 bridgehead atoms. The molecule has 204 valence electrons. The monoisotopic (exact) mass is 541 g/mol. The van der Waals surface area contributed by atoms with E-state index in [1.54, 1.807) is 48.1 Å². The summed E-state index contributed by atoms with van der Waals surface area (Å²) in [6.45, 7) is 1.82. The Kier molecular flexibility index (Phi) is 7.26. The van der Waals surface area contributed by atoms with Crippen LogP contribution in [0.2, 0.25) is 0 Å². The van der Waals surface area contributed by atoms with Gasteiger partial charge in [-0.3, -0.25) is 9.78 Å². The van der Waals surface area contributed by atoms with Crippen molar-refractivity contribution in [3.05, 3.63) is 71.8 Å². The van der Waals surface area contributed by atoms with Crippen molar-refractivity contribution in [1.29, 1.82) is 0 Å². The van der Waals surface area contributed by atoms with E-state index in [0.717, 1.165) is 32.0 Å². The van der Waals surface area contributed by atoms with E-state index in [1.165, 1.54) is 0 Å². The van der Waals surface area contributed by atoms with Crippen molar-refractivity contribution in [2.24, 2.45) is 13.0 Å². The number of carbonyl (C=O) groups is 1. The zero-order valence-corrected chi connectivity index (χ0v) is 21.4. The molecule has 4 aromatic rings. The van der Waals surface area contributed by atoms with Crippen molar-refractivity contribution in [2.45, 2.75) is 25.4 Å². The molecule has 1 saturated heterocycles. The van der Waals surface area contributed by atoms with Gasteiger partial charge in [0.2, 0.25) is 5.95 Å². The number of Topliss-reactive ketones (excluding diaryl/α,β-unsaturated/α-hetero) is 1. The number of ketones is 1. The molecule has 0 amide bonds. The van der Waals surface area contributed by atoms with Crippen LogP contribution in [0, 0.1) is 11.7 Å². The van der Waals surface area contributed by atoms with Gasteiger partial charge < -0.3 is 19.5 Å². The Morgan fingerprint density at radius 2 is 1.79 bits per heavy atom. The van der Waals surface area contributed by atoms with Crippen LogP contribution in [0.3, 0.4) is 0 Å². The Hall–Kier alpha value is -3.99. The Balaban J connectivity index is 1.31. The summed E-state index contributed by atoms with van der Waals surface area (Å²) in [5.74, 6) is 0.541. The molecular formula is C28H27F4N5O2. The fraction of sp³-hybridized carbons (Fsp3) is 0.321. The van der Waals surface area contributed by atoms with Gasteiger partial charge in [0, 0.05) is 37.7 Å². The Labute approximate surface area is 222 Å². The molecule has 7 nitrogen and oxygen atoms in total. The number of imidazole rings is 1. The number of rotatable bonds is 7. The third-order valence-electron chi connectivity index (χ3n) is 6.95. The summed E-state index contributed by atoms with van der Waals surface area (Å²) in [6.07, 6.45) is -1.06. The molecule has 0 atom stereocenters. The number of benzene rings is 2. The smallest absolute Gasteiger partial charge is 0.416 e. The molecule has 11 heteroatoms. The highest BCUT2D eigenvalue weighted by molar-refractivity contribution is 5.83. The van der Waals surface area contributed by atoms with E-state index in [0.29, 0.717) is 40.4 Å². The second-order valence-electron chi connectivity index (χ2n) is 9.77. The first-order valence-corrected chi connectivity index (χ1v) is 12.5. The number of halogens is 4. The number of likely N-dealkylation sites (tertiary alicyclic amines) is 1. The van der Waals surface area contributed by atoms with Crippen LogP contribution in [-0.2, 0) is 24.4 Å². The number of carbonyl (C=O) groups excluding carboxylic acids is 1. The van der Waals surface area contributed by atoms with Gasteiger partial charge in [0.1, 0.15) is 23.1 Å². The minimum Gasteiger partial charge on any atom is -0.457 e. The highest BCUT2D eigenvalue weighted by Gasteiger charge is 2.31. The quantitative estimate of drug-likeness (QED) is 0.285. The molecule has 0 spiro atoms. The number of hydrogen-bond acceptors (Lipinski definition) is 6. The maximum absolute atomic E-state index is 14.3. The van der Waals surface area contributed by atoms with Crippen LogP contribution in [0.5, 0.6) is 11.5 Å². The third-order valence-corrected chi connectivity index (χ3v) is 6.95. The van der Waals surface area contributed by atoms with Crippen LogP contribution in [-0.4, -0.2) is 45.4 Å². The van der Waals surface area contributed by atoms with Crippen molar-refractivity contribution >= 4 is 28.5 Å². The summed E-state index contributed by atoms with van der Waals surface area (Å²) in [4.78, 5) is 23.7. The Bertz CT molecular complexity index is 1510. The number of piperidine rings is 1. The molecule has 0 saturated carbocycles. The van der Waals surface area contributed by atoms with Crippen LogP contribution in [0.1, 0.15) is 24.1 Å². The number of alkyl halides is 3. The number of aromatic nitrogens is 3. The normalized spacial score (nSPS) is 15.0. The number of pyridine rings is 1. The standard InChI is InChI=1S/C28H27F4N5O2/c1-36-11-8-17(9-12-36)26(38)15-19-14-21(7-10-33-19)39-20-4-6-25-24(16-20)35-27(37(25)2)34-23-13-18(28(30,31)32)3-5-22(23)29/h3-7,10,13-14,16-17H,8-9,11-12,15H2,1-2H3,(H,34,35). The van der Waals surface area contributed by atoms with Gasteiger partial charge in [0.05, 0.1) is 28.0 Å². The molecule has 2 aromatic carbocycles. The molecule has 39 heavy (non-hydrogen) atoms. The van der Waals surface area contributed by atoms with Gasteiger partial charge in [0.15, 0.2) is 0 Å². The molecule has 2 aromatic heterocycles. The largest absolute Gasteiger partial charge is 0.457 e. The molecule has 5 rings (SSSR count). The fourth-order valence-electron chi connectivity index (χ4n) is 4.68. The van der Waals surface area contributed by atoms with Crippen molar-refractivity contribution in [3.8, 4) is 11.5 Å². The molecule has 1 N–H and O–H groups in total. The van der Waals surface area contributed by atoms with E-state index < -0.39 is 17.6 Å². The molecule has 0 aliphatic carbocycles. The second-order valence-corrected chi connectivity index (χ2v) is 9.77. The fourth-order valence-corrected chi connectivity index (χ4v) is 4.68. The van der Waals surface area contributed by atoms with Crippen LogP contribution >= 0.6 is 0 Å². The number of ether oxygens (including phenoxy) is 1. The summed E-state index contributed by atoms with van der Waals surface area (Å²) in [5, 5.41) is 2.66. The minimum absolute atomic E-state index is 0.0475. The number of anilines is 2. The van der Waals surface area contributed by atoms with Crippen molar-refractivity contribution in [1.82, 2.24) is 19.4 Å². The van der Waals surface area contributed by atoms with Gasteiger partial charge in [-0.15, -0.1) is 0 Å². The number of aryl methyl sites for hydroxylation is 1. The number of nitrogens with zero attached hydrogens (tertiary/aromatic N) is 4. The molecule has 1 aliphatic heterocycles. The maximum atomic E-state index is 14.3. The van der Waals surface area contributed by atoms with Crippen LogP contribution < -0.4 is 10.1 Å². The summed E-state index contributed by atoms with van der Waals surface area (Å²) < 4.78 is 61.1. The average molecular weight is 542 g/mol. The lowest BCUT2D eigenvalue weighted by Gasteiger charge is -2.27. The van der Waals surface area contributed by atoms with Crippen molar-refractivity contribution in [3.63, 3.8) is 0 Å². The van der Waals surface area contributed by atoms with Gasteiger partial charge in [-0.1, -0.05) is 0 Å². The molecule has 0 unspecified atom stereocenters.